The van der Waals surface area contributed by atoms with Crippen molar-refractivity contribution in [2.24, 2.45) is 28.3 Å². The summed E-state index contributed by atoms with van der Waals surface area (Å²) in [5.74, 6) is 2.29. The molecule has 4 atom stereocenters. The second kappa shape index (κ2) is 2.17. The lowest BCUT2D eigenvalue weighted by Gasteiger charge is -2.22. The summed E-state index contributed by atoms with van der Waals surface area (Å²) in [5.41, 5.74) is 8.78. The fraction of sp³-hybridized carbons (Fsp3) is 1.00. The summed E-state index contributed by atoms with van der Waals surface area (Å²) in [5, 5.41) is 3.87. The molecule has 0 heterocycles. The average molecular weight is 165 g/mol. The quantitative estimate of drug-likeness (QED) is 0.326. The van der Waals surface area contributed by atoms with Gasteiger partial charge in [0.25, 0.3) is 0 Å². The van der Waals surface area contributed by atoms with Crippen LogP contribution in [0.25, 0.3) is 10.4 Å². The molecule has 2 aliphatic rings. The van der Waals surface area contributed by atoms with E-state index in [0.29, 0.717) is 11.3 Å². The fourth-order valence-corrected chi connectivity index (χ4v) is 3.31. The van der Waals surface area contributed by atoms with Crippen molar-refractivity contribution in [1.82, 2.24) is 0 Å². The van der Waals surface area contributed by atoms with E-state index < -0.39 is 0 Å². The van der Waals surface area contributed by atoms with E-state index in [9.17, 15) is 0 Å². The minimum atomic E-state index is 0.282. The molecule has 0 aromatic heterocycles. The summed E-state index contributed by atoms with van der Waals surface area (Å²) in [6, 6.07) is 0.282. The SMILES string of the molecule is C[C@H]1C2C(N=[N+]=[N-])CC(C)(C)C21. The first kappa shape index (κ1) is 7.93. The second-order valence-electron chi connectivity index (χ2n) is 4.93. The van der Waals surface area contributed by atoms with Crippen molar-refractivity contribution < 1.29 is 0 Å². The van der Waals surface area contributed by atoms with Crippen LogP contribution in [-0.4, -0.2) is 6.04 Å². The first-order valence-corrected chi connectivity index (χ1v) is 4.62. The standard InChI is InChI=1S/C9H15N3/c1-5-7-6(11-12-10)4-9(2,3)8(5)7/h5-8H,4H2,1-3H3/t5-,6?,7?,8?/m0/s1. The third-order valence-corrected chi connectivity index (χ3v) is 3.73. The third-order valence-electron chi connectivity index (χ3n) is 3.73. The Balaban J connectivity index is 2.19. The van der Waals surface area contributed by atoms with E-state index in [4.69, 9.17) is 5.53 Å². The van der Waals surface area contributed by atoms with Crippen molar-refractivity contribution in [3.05, 3.63) is 10.4 Å². The van der Waals surface area contributed by atoms with E-state index >= 15 is 0 Å². The van der Waals surface area contributed by atoms with Gasteiger partial charge in [0, 0.05) is 11.0 Å². The van der Waals surface area contributed by atoms with E-state index in [1.54, 1.807) is 0 Å². The van der Waals surface area contributed by atoms with Gasteiger partial charge in [0.15, 0.2) is 0 Å². The van der Waals surface area contributed by atoms with Crippen molar-refractivity contribution in [1.29, 1.82) is 0 Å². The molecule has 2 aliphatic carbocycles. The van der Waals surface area contributed by atoms with Gasteiger partial charge in [-0.2, -0.15) is 0 Å². The van der Waals surface area contributed by atoms with Crippen LogP contribution in [0.4, 0.5) is 0 Å². The minimum Gasteiger partial charge on any atom is -0.0903 e. The average Bonchev–Trinajstić information content (AvgIpc) is 2.52. The Morgan fingerprint density at radius 1 is 1.50 bits per heavy atom. The van der Waals surface area contributed by atoms with Gasteiger partial charge in [-0.15, -0.1) is 0 Å². The Hall–Kier alpha value is -0.690. The summed E-state index contributed by atoms with van der Waals surface area (Å²) in [6.07, 6.45) is 1.08. The number of nitrogens with zero attached hydrogens (tertiary/aromatic N) is 3. The second-order valence-corrected chi connectivity index (χ2v) is 4.93. The summed E-state index contributed by atoms with van der Waals surface area (Å²) in [7, 11) is 0. The highest BCUT2D eigenvalue weighted by Crippen LogP contribution is 2.66. The van der Waals surface area contributed by atoms with Gasteiger partial charge in [0.05, 0.1) is 0 Å². The molecule has 2 fully saturated rings. The lowest BCUT2D eigenvalue weighted by atomic mass is 9.85. The maximum absolute atomic E-state index is 8.38. The number of azide groups is 1. The summed E-state index contributed by atoms with van der Waals surface area (Å²) >= 11 is 0. The maximum Gasteiger partial charge on any atom is 0.0413 e. The molecule has 0 aromatic carbocycles. The van der Waals surface area contributed by atoms with Crippen LogP contribution in [0.1, 0.15) is 27.2 Å². The van der Waals surface area contributed by atoms with Gasteiger partial charge in [0.1, 0.15) is 0 Å². The zero-order valence-electron chi connectivity index (χ0n) is 7.86. The molecule has 2 rings (SSSR count). The number of hydrogen-bond donors (Lipinski definition) is 0. The Kier molecular flexibility index (Phi) is 1.43. The zero-order chi connectivity index (χ0) is 8.93. The topological polar surface area (TPSA) is 48.8 Å². The number of rotatable bonds is 1. The number of fused-ring (bicyclic) bond motifs is 1. The molecule has 66 valence electrons. The van der Waals surface area contributed by atoms with Crippen LogP contribution < -0.4 is 0 Å². The lowest BCUT2D eigenvalue weighted by molar-refractivity contribution is 0.292. The Labute approximate surface area is 72.8 Å². The van der Waals surface area contributed by atoms with E-state index in [-0.39, 0.29) is 6.04 Å². The molecule has 2 saturated carbocycles. The van der Waals surface area contributed by atoms with Crippen molar-refractivity contribution in [3.8, 4) is 0 Å². The van der Waals surface area contributed by atoms with E-state index in [2.05, 4.69) is 30.8 Å². The summed E-state index contributed by atoms with van der Waals surface area (Å²) in [6.45, 7) is 6.86. The highest BCUT2D eigenvalue weighted by atomic mass is 15.2. The minimum absolute atomic E-state index is 0.282. The van der Waals surface area contributed by atoms with Gasteiger partial charge in [0.2, 0.25) is 0 Å². The normalized spacial score (nSPS) is 47.9. The molecule has 0 saturated heterocycles. The van der Waals surface area contributed by atoms with Crippen LogP contribution >= 0.6 is 0 Å². The molecule has 0 aliphatic heterocycles. The molecule has 0 radical (unpaired) electrons. The highest BCUT2D eigenvalue weighted by Gasteiger charge is 2.63. The third kappa shape index (κ3) is 0.862. The van der Waals surface area contributed by atoms with Crippen molar-refractivity contribution in [3.63, 3.8) is 0 Å². The van der Waals surface area contributed by atoms with Crippen LogP contribution in [-0.2, 0) is 0 Å². The summed E-state index contributed by atoms with van der Waals surface area (Å²) in [4.78, 5) is 2.92. The predicted octanol–water partition coefficient (Wildman–Crippen LogP) is 2.98. The molecule has 0 aromatic rings. The molecule has 3 unspecified atom stereocenters. The first-order valence-electron chi connectivity index (χ1n) is 4.62. The first-order chi connectivity index (χ1) is 5.58. The van der Waals surface area contributed by atoms with E-state index in [1.165, 1.54) is 0 Å². The van der Waals surface area contributed by atoms with Crippen molar-refractivity contribution in [2.45, 2.75) is 33.2 Å². The Bertz CT molecular complexity index is 252. The fourth-order valence-electron chi connectivity index (χ4n) is 3.31. The van der Waals surface area contributed by atoms with Crippen LogP contribution in [0.3, 0.4) is 0 Å². The van der Waals surface area contributed by atoms with Gasteiger partial charge in [-0.1, -0.05) is 25.9 Å². The molecule has 0 N–H and O–H groups in total. The monoisotopic (exact) mass is 165 g/mol. The molecule has 0 amide bonds. The van der Waals surface area contributed by atoms with Crippen LogP contribution in [0.15, 0.2) is 5.11 Å². The molecule has 0 spiro atoms. The molecular formula is C9H15N3. The zero-order valence-corrected chi connectivity index (χ0v) is 7.86. The van der Waals surface area contributed by atoms with Gasteiger partial charge in [-0.3, -0.25) is 0 Å². The van der Waals surface area contributed by atoms with Crippen LogP contribution in [0, 0.1) is 23.2 Å². The highest BCUT2D eigenvalue weighted by molar-refractivity contribution is 5.14. The lowest BCUT2D eigenvalue weighted by Crippen LogP contribution is -2.16. The molecular weight excluding hydrogens is 150 g/mol. The van der Waals surface area contributed by atoms with Gasteiger partial charge in [-0.05, 0) is 35.1 Å². The Morgan fingerprint density at radius 2 is 2.17 bits per heavy atom. The molecule has 12 heavy (non-hydrogen) atoms. The van der Waals surface area contributed by atoms with Gasteiger partial charge in [-0.25, -0.2) is 0 Å². The molecule has 0 bridgehead atoms. The molecule has 3 heteroatoms. The van der Waals surface area contributed by atoms with E-state index in [0.717, 1.165) is 18.3 Å². The summed E-state index contributed by atoms with van der Waals surface area (Å²) < 4.78 is 0. The Morgan fingerprint density at radius 3 is 2.58 bits per heavy atom. The maximum atomic E-state index is 8.38. The van der Waals surface area contributed by atoms with Crippen molar-refractivity contribution >= 4 is 0 Å². The van der Waals surface area contributed by atoms with Crippen LogP contribution in [0.5, 0.6) is 0 Å². The van der Waals surface area contributed by atoms with Crippen molar-refractivity contribution in [2.75, 3.05) is 0 Å². The largest absolute Gasteiger partial charge is 0.0903 e. The van der Waals surface area contributed by atoms with Gasteiger partial charge >= 0.3 is 0 Å². The van der Waals surface area contributed by atoms with Crippen LogP contribution in [0.2, 0.25) is 0 Å². The van der Waals surface area contributed by atoms with E-state index in [1.807, 2.05) is 0 Å². The van der Waals surface area contributed by atoms with Gasteiger partial charge < -0.3 is 0 Å². The predicted molar refractivity (Wildman–Crippen MR) is 47.5 cm³/mol. The number of hydrogen-bond acceptors (Lipinski definition) is 1. The smallest absolute Gasteiger partial charge is 0.0413 e. The molecule has 3 nitrogen and oxygen atoms in total.